The Morgan fingerprint density at radius 3 is 1.11 bits per heavy atom. The summed E-state index contributed by atoms with van der Waals surface area (Å²) in [4.78, 5) is 2.28. The van der Waals surface area contributed by atoms with Crippen LogP contribution in [0.25, 0.3) is 22.3 Å². The summed E-state index contributed by atoms with van der Waals surface area (Å²) in [6.45, 7) is 0. The summed E-state index contributed by atoms with van der Waals surface area (Å²) in [5.74, 6) is 0. The molecule has 0 saturated heterocycles. The zero-order valence-electron chi connectivity index (χ0n) is 29.1. The van der Waals surface area contributed by atoms with Crippen LogP contribution in [0, 0.1) is 3.57 Å². The van der Waals surface area contributed by atoms with Crippen LogP contribution in [0.1, 0.15) is 18.6 Å². The summed E-state index contributed by atoms with van der Waals surface area (Å²) in [6.07, 6.45) is 1.03. The van der Waals surface area contributed by atoms with Gasteiger partial charge in [0, 0.05) is 29.6 Å². The number of benzene rings is 8. The van der Waals surface area contributed by atoms with Crippen LogP contribution in [-0.2, 0) is 6.42 Å². The van der Waals surface area contributed by atoms with Crippen molar-refractivity contribution in [1.29, 1.82) is 0 Å². The van der Waals surface area contributed by atoms with E-state index in [1.807, 2.05) is 24.3 Å². The lowest BCUT2D eigenvalue weighted by molar-refractivity contribution is 1.19. The molecule has 1 nitrogen and oxygen atoms in total. The first-order valence-corrected chi connectivity index (χ1v) is 20.0. The lowest BCUT2D eigenvalue weighted by Gasteiger charge is -2.26. The van der Waals surface area contributed by atoms with Crippen LogP contribution in [0.4, 0.5) is 17.1 Å². The molecule has 8 aromatic carbocycles. The zero-order valence-corrected chi connectivity index (χ0v) is 34.4. The van der Waals surface area contributed by atoms with E-state index in [9.17, 15) is 0 Å². The second kappa shape index (κ2) is 21.2. The van der Waals surface area contributed by atoms with E-state index < -0.39 is 0 Å². The SMILES string of the molecule is Brc1cc(-c2ccccc2)cc(N(c2ccccc2)c2ccccc2)c1.Brc1cc(I)cc(-c2ccccc2)c1.C.c1ccc(Cc2ccccc2)cc1. The predicted octanol–water partition coefficient (Wildman–Crippen LogP) is 16.2. The van der Waals surface area contributed by atoms with E-state index in [-0.39, 0.29) is 7.43 Å². The van der Waals surface area contributed by atoms with Gasteiger partial charge in [-0.3, -0.25) is 0 Å². The Balaban J connectivity index is 0.000000169. The van der Waals surface area contributed by atoms with Crippen molar-refractivity contribution in [3.8, 4) is 22.3 Å². The molecule has 0 radical (unpaired) electrons. The first kappa shape index (κ1) is 40.4. The standard InChI is InChI=1S/C24H18BrN.C13H12.C12H8BrI.CH4/c25-21-16-20(19-10-4-1-5-11-19)17-24(18-21)26(22-12-6-2-7-13-22)23-14-8-3-9-15-23;1-3-7-12(8-4-1)11-13-9-5-2-6-10-13;13-11-6-10(7-12(14)8-11)9-4-2-1-3-5-9;/h1-18H;1-10H,11H2;1-8H;1H4. The third-order valence-electron chi connectivity index (χ3n) is 8.34. The molecule has 268 valence electrons. The van der Waals surface area contributed by atoms with Crippen LogP contribution < -0.4 is 4.90 Å². The molecule has 0 amide bonds. The first-order valence-electron chi connectivity index (χ1n) is 17.4. The lowest BCUT2D eigenvalue weighted by atomic mass is 10.0. The summed E-state index contributed by atoms with van der Waals surface area (Å²) in [5.41, 5.74) is 11.0. The maximum absolute atomic E-state index is 3.70. The largest absolute Gasteiger partial charge is 0.310 e. The van der Waals surface area contributed by atoms with Crippen molar-refractivity contribution in [2.75, 3.05) is 4.90 Å². The molecule has 0 aliphatic carbocycles. The Morgan fingerprint density at radius 1 is 0.352 bits per heavy atom. The van der Waals surface area contributed by atoms with Crippen molar-refractivity contribution in [3.05, 3.63) is 242 Å². The van der Waals surface area contributed by atoms with Crippen molar-refractivity contribution in [2.24, 2.45) is 0 Å². The highest BCUT2D eigenvalue weighted by Gasteiger charge is 2.14. The molecule has 8 aromatic rings. The van der Waals surface area contributed by atoms with E-state index in [1.54, 1.807) is 0 Å². The molecule has 8 rings (SSSR count). The van der Waals surface area contributed by atoms with Gasteiger partial charge in [0.2, 0.25) is 0 Å². The van der Waals surface area contributed by atoms with Gasteiger partial charge in [-0.15, -0.1) is 0 Å². The Morgan fingerprint density at radius 2 is 0.704 bits per heavy atom. The first-order chi connectivity index (χ1) is 26.0. The van der Waals surface area contributed by atoms with Crippen molar-refractivity contribution < 1.29 is 0 Å². The maximum Gasteiger partial charge on any atom is 0.0479 e. The van der Waals surface area contributed by atoms with E-state index in [0.717, 1.165) is 32.4 Å². The summed E-state index contributed by atoms with van der Waals surface area (Å²) in [6, 6.07) is 75.8. The summed E-state index contributed by atoms with van der Waals surface area (Å²) in [7, 11) is 0. The highest BCUT2D eigenvalue weighted by molar-refractivity contribution is 14.1. The van der Waals surface area contributed by atoms with Gasteiger partial charge >= 0.3 is 0 Å². The normalized spacial score (nSPS) is 10.1. The number of rotatable bonds is 7. The molecule has 4 heteroatoms. The van der Waals surface area contributed by atoms with Gasteiger partial charge in [-0.25, -0.2) is 0 Å². The van der Waals surface area contributed by atoms with Crippen LogP contribution in [-0.4, -0.2) is 0 Å². The molecule has 0 N–H and O–H groups in total. The smallest absolute Gasteiger partial charge is 0.0479 e. The highest BCUT2D eigenvalue weighted by atomic mass is 127. The van der Waals surface area contributed by atoms with Crippen molar-refractivity contribution >= 4 is 71.5 Å². The third-order valence-corrected chi connectivity index (χ3v) is 9.88. The Kier molecular flexibility index (Phi) is 15.9. The van der Waals surface area contributed by atoms with Gasteiger partial charge in [0.25, 0.3) is 0 Å². The monoisotopic (exact) mass is 941 g/mol. The van der Waals surface area contributed by atoms with Gasteiger partial charge in [-0.2, -0.15) is 0 Å². The molecule has 0 aliphatic rings. The minimum atomic E-state index is 0. The predicted molar refractivity (Wildman–Crippen MR) is 249 cm³/mol. The van der Waals surface area contributed by atoms with Gasteiger partial charge in [0.05, 0.1) is 0 Å². The molecule has 54 heavy (non-hydrogen) atoms. The molecule has 0 fully saturated rings. The molecule has 0 saturated carbocycles. The molecular weight excluding hydrogens is 901 g/mol. The topological polar surface area (TPSA) is 3.24 Å². The van der Waals surface area contributed by atoms with Crippen LogP contribution in [0.15, 0.2) is 227 Å². The van der Waals surface area contributed by atoms with Crippen LogP contribution in [0.3, 0.4) is 0 Å². The fourth-order valence-electron chi connectivity index (χ4n) is 5.88. The Labute approximate surface area is 351 Å². The molecule has 0 aromatic heterocycles. The minimum absolute atomic E-state index is 0. The average Bonchev–Trinajstić information content (AvgIpc) is 3.20. The number of halogens is 3. The molecule has 0 unspecified atom stereocenters. The average molecular weight is 944 g/mol. The molecular formula is C50H42Br2IN. The van der Waals surface area contributed by atoms with E-state index in [2.05, 4.69) is 253 Å². The van der Waals surface area contributed by atoms with E-state index in [1.165, 1.54) is 37.0 Å². The van der Waals surface area contributed by atoms with Gasteiger partial charge in [0.15, 0.2) is 0 Å². The van der Waals surface area contributed by atoms with Gasteiger partial charge in [-0.1, -0.05) is 197 Å². The minimum Gasteiger partial charge on any atom is -0.310 e. The van der Waals surface area contributed by atoms with Gasteiger partial charge < -0.3 is 4.90 Å². The maximum atomic E-state index is 3.70. The van der Waals surface area contributed by atoms with E-state index in [0.29, 0.717) is 0 Å². The fraction of sp³-hybridized carbons (Fsp3) is 0.0400. The Bertz CT molecular complexity index is 2170. The molecule has 0 atom stereocenters. The van der Waals surface area contributed by atoms with Crippen LogP contribution >= 0.6 is 54.5 Å². The lowest BCUT2D eigenvalue weighted by Crippen LogP contribution is -2.09. The van der Waals surface area contributed by atoms with Crippen LogP contribution in [0.5, 0.6) is 0 Å². The number of anilines is 3. The van der Waals surface area contributed by atoms with E-state index in [4.69, 9.17) is 0 Å². The molecule has 0 spiro atoms. The zero-order chi connectivity index (χ0) is 36.7. The van der Waals surface area contributed by atoms with Gasteiger partial charge in [-0.05, 0) is 123 Å². The third kappa shape index (κ3) is 12.1. The van der Waals surface area contributed by atoms with Gasteiger partial charge in [0.1, 0.15) is 0 Å². The molecule has 0 heterocycles. The number of hydrogen-bond acceptors (Lipinski definition) is 1. The number of hydrogen-bond donors (Lipinski definition) is 0. The van der Waals surface area contributed by atoms with Crippen molar-refractivity contribution in [3.63, 3.8) is 0 Å². The van der Waals surface area contributed by atoms with E-state index >= 15 is 0 Å². The summed E-state index contributed by atoms with van der Waals surface area (Å²) in [5, 5.41) is 0. The second-order valence-electron chi connectivity index (χ2n) is 12.2. The molecule has 0 bridgehead atoms. The van der Waals surface area contributed by atoms with Crippen molar-refractivity contribution in [2.45, 2.75) is 13.8 Å². The molecule has 0 aliphatic heterocycles. The van der Waals surface area contributed by atoms with Crippen molar-refractivity contribution in [1.82, 2.24) is 0 Å². The Hall–Kier alpha value is -4.75. The fourth-order valence-corrected chi connectivity index (χ4v) is 7.95. The number of nitrogens with zero attached hydrogens (tertiary/aromatic N) is 1. The quantitative estimate of drug-likeness (QED) is 0.144. The number of para-hydroxylation sites is 2. The summed E-state index contributed by atoms with van der Waals surface area (Å²) >= 11 is 9.53. The highest BCUT2D eigenvalue weighted by Crippen LogP contribution is 2.38. The summed E-state index contributed by atoms with van der Waals surface area (Å²) < 4.78 is 3.43. The second-order valence-corrected chi connectivity index (χ2v) is 15.3. The van der Waals surface area contributed by atoms with Crippen LogP contribution in [0.2, 0.25) is 0 Å².